The maximum absolute atomic E-state index is 13.7. The van der Waals surface area contributed by atoms with Crippen molar-refractivity contribution in [2.45, 2.75) is 13.0 Å². The topological polar surface area (TPSA) is 53.6 Å². The summed E-state index contributed by atoms with van der Waals surface area (Å²) in [6, 6.07) is 16.1. The highest BCUT2D eigenvalue weighted by atomic mass is 19.1. The second-order valence-electron chi connectivity index (χ2n) is 5.15. The third-order valence-corrected chi connectivity index (χ3v) is 3.65. The zero-order valence-electron chi connectivity index (χ0n) is 12.6. The third kappa shape index (κ3) is 2.92. The molecular weight excluding hydrogens is 291 g/mol. The van der Waals surface area contributed by atoms with Crippen LogP contribution < -0.4 is 5.32 Å². The molecule has 4 nitrogen and oxygen atoms in total. The molecule has 0 aliphatic carbocycles. The Morgan fingerprint density at radius 2 is 2.00 bits per heavy atom. The van der Waals surface area contributed by atoms with E-state index in [9.17, 15) is 4.39 Å². The Morgan fingerprint density at radius 1 is 1.17 bits per heavy atom. The number of rotatable bonds is 4. The van der Waals surface area contributed by atoms with Crippen LogP contribution in [0.2, 0.25) is 0 Å². The molecule has 0 aliphatic heterocycles. The minimum Gasteiger partial charge on any atom is -0.377 e. The second-order valence-corrected chi connectivity index (χ2v) is 5.15. The first-order valence-electron chi connectivity index (χ1n) is 7.25. The van der Waals surface area contributed by atoms with Gasteiger partial charge in [0.15, 0.2) is 0 Å². The van der Waals surface area contributed by atoms with Crippen LogP contribution in [0.5, 0.6) is 0 Å². The molecule has 3 aromatic rings. The molecule has 0 radical (unpaired) electrons. The van der Waals surface area contributed by atoms with Gasteiger partial charge in [-0.2, -0.15) is 10.4 Å². The van der Waals surface area contributed by atoms with E-state index in [1.54, 1.807) is 23.0 Å². The number of nitrogens with one attached hydrogen (secondary N) is 1. The van der Waals surface area contributed by atoms with Crippen molar-refractivity contribution in [2.75, 3.05) is 5.32 Å². The van der Waals surface area contributed by atoms with Crippen LogP contribution >= 0.6 is 0 Å². The van der Waals surface area contributed by atoms with E-state index >= 15 is 0 Å². The summed E-state index contributed by atoms with van der Waals surface area (Å²) in [5, 5.41) is 16.6. The quantitative estimate of drug-likeness (QED) is 0.791. The fraction of sp³-hybridized carbons (Fsp3) is 0.111. The molecule has 2 aromatic carbocycles. The number of aromatic nitrogens is 2. The maximum atomic E-state index is 13.7. The summed E-state index contributed by atoms with van der Waals surface area (Å²) in [5.41, 5.74) is 2.45. The highest BCUT2D eigenvalue weighted by molar-refractivity contribution is 5.59. The van der Waals surface area contributed by atoms with Gasteiger partial charge in [-0.1, -0.05) is 24.3 Å². The normalized spacial score (nSPS) is 11.7. The standard InChI is InChI=1S/C18H15FN4/c1-13(22-17-8-4-7-16(19)15(17)12-20)14-6-2-3-9-18(14)23-11-5-10-21-23/h2-11,13,22H,1H3. The first-order valence-corrected chi connectivity index (χ1v) is 7.25. The van der Waals surface area contributed by atoms with Crippen LogP contribution in [0.15, 0.2) is 60.9 Å². The summed E-state index contributed by atoms with van der Waals surface area (Å²) in [5.74, 6) is -0.523. The maximum Gasteiger partial charge on any atom is 0.143 e. The lowest BCUT2D eigenvalue weighted by atomic mass is 10.0. The fourth-order valence-electron chi connectivity index (χ4n) is 2.54. The van der Waals surface area contributed by atoms with E-state index in [4.69, 9.17) is 5.26 Å². The number of nitrogens with zero attached hydrogens (tertiary/aromatic N) is 3. The molecule has 5 heteroatoms. The van der Waals surface area contributed by atoms with Crippen molar-refractivity contribution in [3.8, 4) is 11.8 Å². The summed E-state index contributed by atoms with van der Waals surface area (Å²) in [6.07, 6.45) is 3.59. The molecular formula is C18H15FN4. The molecule has 1 atom stereocenters. The van der Waals surface area contributed by atoms with Crippen molar-refractivity contribution in [2.24, 2.45) is 0 Å². The van der Waals surface area contributed by atoms with E-state index in [0.29, 0.717) is 5.69 Å². The van der Waals surface area contributed by atoms with Crippen LogP contribution in [0.25, 0.3) is 5.69 Å². The van der Waals surface area contributed by atoms with Crippen LogP contribution in [0, 0.1) is 17.1 Å². The van der Waals surface area contributed by atoms with Crippen molar-refractivity contribution in [1.82, 2.24) is 9.78 Å². The molecule has 0 spiro atoms. The van der Waals surface area contributed by atoms with E-state index in [-0.39, 0.29) is 11.6 Å². The van der Waals surface area contributed by atoms with Gasteiger partial charge in [0.05, 0.1) is 17.4 Å². The van der Waals surface area contributed by atoms with Crippen molar-refractivity contribution >= 4 is 5.69 Å². The number of halogens is 1. The van der Waals surface area contributed by atoms with E-state index in [2.05, 4.69) is 10.4 Å². The summed E-state index contributed by atoms with van der Waals surface area (Å²) < 4.78 is 15.5. The largest absolute Gasteiger partial charge is 0.377 e. The fourth-order valence-corrected chi connectivity index (χ4v) is 2.54. The van der Waals surface area contributed by atoms with Gasteiger partial charge in [0, 0.05) is 12.4 Å². The van der Waals surface area contributed by atoms with E-state index in [1.165, 1.54) is 6.07 Å². The van der Waals surface area contributed by atoms with Crippen molar-refractivity contribution in [3.05, 3.63) is 77.9 Å². The lowest BCUT2D eigenvalue weighted by Crippen LogP contribution is -2.12. The molecule has 1 aromatic heterocycles. The van der Waals surface area contributed by atoms with Gasteiger partial charge in [-0.05, 0) is 36.8 Å². The van der Waals surface area contributed by atoms with Crippen LogP contribution in [0.3, 0.4) is 0 Å². The van der Waals surface area contributed by atoms with Crippen molar-refractivity contribution in [3.63, 3.8) is 0 Å². The molecule has 1 heterocycles. The molecule has 0 bridgehead atoms. The van der Waals surface area contributed by atoms with Crippen molar-refractivity contribution < 1.29 is 4.39 Å². The second kappa shape index (κ2) is 6.32. The van der Waals surface area contributed by atoms with E-state index in [1.807, 2.05) is 49.5 Å². The summed E-state index contributed by atoms with van der Waals surface area (Å²) in [7, 11) is 0. The molecule has 3 rings (SSSR count). The third-order valence-electron chi connectivity index (χ3n) is 3.65. The Hall–Kier alpha value is -3.13. The van der Waals surface area contributed by atoms with Gasteiger partial charge in [0.1, 0.15) is 17.4 Å². The van der Waals surface area contributed by atoms with Gasteiger partial charge in [-0.3, -0.25) is 0 Å². The Kier molecular flexibility index (Phi) is 4.07. The predicted octanol–water partition coefficient (Wildman–Crippen LogP) is 4.06. The number of hydrogen-bond acceptors (Lipinski definition) is 3. The minimum atomic E-state index is -0.523. The molecule has 0 fully saturated rings. The molecule has 114 valence electrons. The van der Waals surface area contributed by atoms with E-state index in [0.717, 1.165) is 11.3 Å². The molecule has 1 N–H and O–H groups in total. The zero-order chi connectivity index (χ0) is 16.2. The Labute approximate surface area is 133 Å². The average molecular weight is 306 g/mol. The molecule has 1 unspecified atom stereocenters. The molecule has 0 saturated heterocycles. The van der Waals surface area contributed by atoms with Crippen LogP contribution in [-0.2, 0) is 0 Å². The molecule has 0 saturated carbocycles. The molecule has 0 amide bonds. The van der Waals surface area contributed by atoms with Gasteiger partial charge in [-0.25, -0.2) is 9.07 Å². The molecule has 23 heavy (non-hydrogen) atoms. The van der Waals surface area contributed by atoms with Gasteiger partial charge in [0.25, 0.3) is 0 Å². The summed E-state index contributed by atoms with van der Waals surface area (Å²) in [4.78, 5) is 0. The van der Waals surface area contributed by atoms with Crippen LogP contribution in [0.4, 0.5) is 10.1 Å². The Balaban J connectivity index is 1.96. The van der Waals surface area contributed by atoms with Gasteiger partial charge < -0.3 is 5.32 Å². The van der Waals surface area contributed by atoms with E-state index < -0.39 is 5.82 Å². The number of benzene rings is 2. The van der Waals surface area contributed by atoms with Crippen LogP contribution in [-0.4, -0.2) is 9.78 Å². The lowest BCUT2D eigenvalue weighted by Gasteiger charge is -2.20. The Morgan fingerprint density at radius 3 is 2.74 bits per heavy atom. The monoisotopic (exact) mass is 306 g/mol. The highest BCUT2D eigenvalue weighted by Gasteiger charge is 2.15. The average Bonchev–Trinajstić information content (AvgIpc) is 3.09. The first kappa shape index (κ1) is 14.8. The number of nitriles is 1. The molecule has 0 aliphatic rings. The van der Waals surface area contributed by atoms with Gasteiger partial charge in [-0.15, -0.1) is 0 Å². The number of anilines is 1. The van der Waals surface area contributed by atoms with Gasteiger partial charge >= 0.3 is 0 Å². The van der Waals surface area contributed by atoms with Gasteiger partial charge in [0.2, 0.25) is 0 Å². The summed E-state index contributed by atoms with van der Waals surface area (Å²) >= 11 is 0. The lowest BCUT2D eigenvalue weighted by molar-refractivity contribution is 0.624. The number of para-hydroxylation sites is 1. The summed E-state index contributed by atoms with van der Waals surface area (Å²) in [6.45, 7) is 1.97. The predicted molar refractivity (Wildman–Crippen MR) is 86.7 cm³/mol. The van der Waals surface area contributed by atoms with Crippen LogP contribution in [0.1, 0.15) is 24.1 Å². The Bertz CT molecular complexity index is 850. The first-order chi connectivity index (χ1) is 11.2. The minimum absolute atomic E-state index is 0.0240. The SMILES string of the molecule is CC(Nc1cccc(F)c1C#N)c1ccccc1-n1cccn1. The zero-order valence-corrected chi connectivity index (χ0v) is 12.6. The smallest absolute Gasteiger partial charge is 0.143 e. The number of hydrogen-bond donors (Lipinski definition) is 1. The highest BCUT2D eigenvalue weighted by Crippen LogP contribution is 2.27. The van der Waals surface area contributed by atoms with Crippen molar-refractivity contribution in [1.29, 1.82) is 5.26 Å².